The second kappa shape index (κ2) is 11.3. The van der Waals surface area contributed by atoms with E-state index >= 15 is 0 Å². The monoisotopic (exact) mass is 438 g/mol. The summed E-state index contributed by atoms with van der Waals surface area (Å²) in [4.78, 5) is 36.7. The first kappa shape index (κ1) is 24.1. The highest BCUT2D eigenvalue weighted by atomic mass is 35.5. The zero-order valence-corrected chi connectivity index (χ0v) is 18.2. The molecule has 2 aromatic rings. The minimum atomic E-state index is -0.652. The summed E-state index contributed by atoms with van der Waals surface area (Å²) in [6.07, 6.45) is 5.29. The largest absolute Gasteiger partial charge is 0.381 e. The molecule has 1 fully saturated rings. The number of piperidine rings is 1. The Hall–Kier alpha value is -2.16. The number of halogens is 1. The highest BCUT2D eigenvalue weighted by Gasteiger charge is 2.31. The summed E-state index contributed by atoms with van der Waals surface area (Å²) in [7, 11) is 1.73. The highest BCUT2D eigenvalue weighted by molar-refractivity contribution is 6.00. The van der Waals surface area contributed by atoms with Crippen LogP contribution >= 0.6 is 12.4 Å². The lowest BCUT2D eigenvalue weighted by atomic mass is 10.0. The predicted octanol–water partition coefficient (Wildman–Crippen LogP) is 1.82. The number of aryl methyl sites for hydroxylation is 2. The third-order valence-corrected chi connectivity index (χ3v) is 5.44. The molecule has 2 heterocycles. The molecule has 166 valence electrons. The Kier molecular flexibility index (Phi) is 9.08. The fraction of sp³-hybridized carbons (Fsp3) is 0.571. The number of imidazole rings is 1. The van der Waals surface area contributed by atoms with E-state index in [-0.39, 0.29) is 30.4 Å². The van der Waals surface area contributed by atoms with Crippen LogP contribution in [0, 0.1) is 0 Å². The van der Waals surface area contributed by atoms with Crippen molar-refractivity contribution in [2.45, 2.75) is 51.0 Å². The van der Waals surface area contributed by atoms with Gasteiger partial charge in [0.25, 0.3) is 0 Å². The van der Waals surface area contributed by atoms with E-state index in [4.69, 9.17) is 10.5 Å². The first-order valence-electron chi connectivity index (χ1n) is 10.3. The molecule has 3 rings (SSSR count). The molecule has 30 heavy (non-hydrogen) atoms. The number of carbonyl (C=O) groups excluding carboxylic acids is 2. The van der Waals surface area contributed by atoms with Gasteiger partial charge in [0.1, 0.15) is 6.04 Å². The number of unbranched alkanes of at least 4 members (excludes halogenated alkanes) is 2. The van der Waals surface area contributed by atoms with Crippen molar-refractivity contribution in [2.24, 2.45) is 12.8 Å². The minimum Gasteiger partial charge on any atom is -0.381 e. The van der Waals surface area contributed by atoms with Gasteiger partial charge in [0, 0.05) is 26.7 Å². The van der Waals surface area contributed by atoms with Crippen LogP contribution in [0.5, 0.6) is 0 Å². The predicted molar refractivity (Wildman–Crippen MR) is 118 cm³/mol. The van der Waals surface area contributed by atoms with E-state index in [1.165, 1.54) is 4.57 Å². The molecule has 2 amide bonds. The van der Waals surface area contributed by atoms with Gasteiger partial charge in [-0.05, 0) is 56.7 Å². The molecule has 1 aromatic heterocycles. The number of benzene rings is 1. The molecule has 3 N–H and O–H groups in total. The van der Waals surface area contributed by atoms with Crippen molar-refractivity contribution in [1.82, 2.24) is 14.5 Å². The zero-order chi connectivity index (χ0) is 20.8. The van der Waals surface area contributed by atoms with Gasteiger partial charge in [-0.25, -0.2) is 4.79 Å². The lowest BCUT2D eigenvalue weighted by Gasteiger charge is -2.21. The van der Waals surface area contributed by atoms with Gasteiger partial charge in [0.15, 0.2) is 0 Å². The number of hydrogen-bond acceptors (Lipinski definition) is 5. The maximum absolute atomic E-state index is 12.9. The molecule has 0 bridgehead atoms. The molecule has 1 atom stereocenters. The average molecular weight is 439 g/mol. The Labute approximate surface area is 182 Å². The van der Waals surface area contributed by atoms with Crippen molar-refractivity contribution >= 4 is 35.3 Å². The Morgan fingerprint density at radius 3 is 2.57 bits per heavy atom. The lowest BCUT2D eigenvalue weighted by molar-refractivity contribution is -0.135. The first-order valence-corrected chi connectivity index (χ1v) is 10.3. The van der Waals surface area contributed by atoms with Crippen molar-refractivity contribution in [2.75, 3.05) is 19.8 Å². The van der Waals surface area contributed by atoms with Crippen molar-refractivity contribution in [3.63, 3.8) is 0 Å². The highest BCUT2D eigenvalue weighted by Crippen LogP contribution is 2.25. The maximum atomic E-state index is 12.9. The molecule has 1 aromatic carbocycles. The van der Waals surface area contributed by atoms with Crippen LogP contribution in [0.4, 0.5) is 0 Å². The van der Waals surface area contributed by atoms with Crippen molar-refractivity contribution in [3.8, 4) is 0 Å². The number of nitrogens with one attached hydrogen (secondary N) is 1. The first-order chi connectivity index (χ1) is 14.0. The summed E-state index contributed by atoms with van der Waals surface area (Å²) in [5, 5.41) is 2.34. The van der Waals surface area contributed by atoms with Gasteiger partial charge in [-0.2, -0.15) is 0 Å². The number of aromatic nitrogens is 2. The number of nitrogens with two attached hydrogens (primary N) is 1. The summed E-state index contributed by atoms with van der Waals surface area (Å²) in [6.45, 7) is 2.16. The SMILES string of the molecule is Cl.Cn1c(=O)n(C2CCC(=O)NC2=O)c2cccc(CCCCOCCCCN)c21. The molecule has 1 aliphatic rings. The van der Waals surface area contributed by atoms with Crippen LogP contribution in [0.3, 0.4) is 0 Å². The standard InChI is InChI=1S/C21H30N4O4.ClH/c1-24-19-15(7-2-4-13-29-14-5-3-12-22)8-6-9-16(19)25(21(24)28)17-10-11-18(26)23-20(17)27;/h6,8-9,17H,2-5,7,10-14,22H2,1H3,(H,23,26,27);1H. The summed E-state index contributed by atoms with van der Waals surface area (Å²) < 4.78 is 8.76. The molecule has 9 heteroatoms. The third kappa shape index (κ3) is 5.30. The van der Waals surface area contributed by atoms with Gasteiger partial charge in [-0.15, -0.1) is 12.4 Å². The number of ether oxygens (including phenoxy) is 1. The smallest absolute Gasteiger partial charge is 0.329 e. The normalized spacial score (nSPS) is 16.5. The molecule has 8 nitrogen and oxygen atoms in total. The van der Waals surface area contributed by atoms with Crippen LogP contribution in [0.2, 0.25) is 0 Å². The number of carbonyl (C=O) groups is 2. The number of rotatable bonds is 10. The van der Waals surface area contributed by atoms with Gasteiger partial charge in [0.2, 0.25) is 11.8 Å². The molecule has 0 radical (unpaired) electrons. The Morgan fingerprint density at radius 1 is 1.13 bits per heavy atom. The second-order valence-electron chi connectivity index (χ2n) is 7.53. The quantitative estimate of drug-likeness (QED) is 0.434. The van der Waals surface area contributed by atoms with Crippen LogP contribution in [0.15, 0.2) is 23.0 Å². The Bertz CT molecular complexity index is 937. The fourth-order valence-electron chi connectivity index (χ4n) is 3.92. The molecular formula is C21H31ClN4O4. The summed E-state index contributed by atoms with van der Waals surface area (Å²) >= 11 is 0. The van der Waals surface area contributed by atoms with E-state index < -0.39 is 11.9 Å². The summed E-state index contributed by atoms with van der Waals surface area (Å²) in [6, 6.07) is 5.16. The minimum absolute atomic E-state index is 0. The van der Waals surface area contributed by atoms with Gasteiger partial charge < -0.3 is 10.5 Å². The van der Waals surface area contributed by atoms with Crippen LogP contribution in [0.25, 0.3) is 11.0 Å². The topological polar surface area (TPSA) is 108 Å². The van der Waals surface area contributed by atoms with Crippen molar-refractivity contribution < 1.29 is 14.3 Å². The van der Waals surface area contributed by atoms with E-state index in [1.807, 2.05) is 18.2 Å². The van der Waals surface area contributed by atoms with E-state index in [0.29, 0.717) is 13.0 Å². The summed E-state index contributed by atoms with van der Waals surface area (Å²) in [5.74, 6) is -0.696. The maximum Gasteiger partial charge on any atom is 0.329 e. The number of fused-ring (bicyclic) bond motifs is 1. The lowest BCUT2D eigenvalue weighted by Crippen LogP contribution is -2.44. The zero-order valence-electron chi connectivity index (χ0n) is 17.4. The molecule has 1 unspecified atom stereocenters. The Balaban J connectivity index is 0.00000320. The Morgan fingerprint density at radius 2 is 1.87 bits per heavy atom. The van der Waals surface area contributed by atoms with E-state index in [0.717, 1.165) is 61.9 Å². The number of para-hydroxylation sites is 1. The fourth-order valence-corrected chi connectivity index (χ4v) is 3.92. The molecule has 0 aliphatic carbocycles. The van der Waals surface area contributed by atoms with Crippen molar-refractivity contribution in [3.05, 3.63) is 34.2 Å². The van der Waals surface area contributed by atoms with Gasteiger partial charge in [-0.1, -0.05) is 12.1 Å². The molecule has 0 spiro atoms. The van der Waals surface area contributed by atoms with Gasteiger partial charge in [0.05, 0.1) is 11.0 Å². The van der Waals surface area contributed by atoms with Crippen LogP contribution in [0.1, 0.15) is 50.1 Å². The van der Waals surface area contributed by atoms with E-state index in [2.05, 4.69) is 5.32 Å². The molecular weight excluding hydrogens is 408 g/mol. The van der Waals surface area contributed by atoms with Gasteiger partial charge in [-0.3, -0.25) is 24.0 Å². The molecule has 1 saturated heterocycles. The average Bonchev–Trinajstić information content (AvgIpc) is 2.95. The third-order valence-electron chi connectivity index (χ3n) is 5.44. The number of nitrogens with zero attached hydrogens (tertiary/aromatic N) is 2. The van der Waals surface area contributed by atoms with Crippen LogP contribution in [-0.4, -0.2) is 40.7 Å². The number of amides is 2. The van der Waals surface area contributed by atoms with E-state index in [1.54, 1.807) is 11.6 Å². The number of hydrogen-bond donors (Lipinski definition) is 2. The van der Waals surface area contributed by atoms with Crippen LogP contribution in [-0.2, 0) is 27.8 Å². The van der Waals surface area contributed by atoms with Crippen molar-refractivity contribution in [1.29, 1.82) is 0 Å². The second-order valence-corrected chi connectivity index (χ2v) is 7.53. The number of imide groups is 1. The molecule has 0 saturated carbocycles. The molecule has 1 aliphatic heterocycles. The van der Waals surface area contributed by atoms with Crippen LogP contribution < -0.4 is 16.7 Å². The summed E-state index contributed by atoms with van der Waals surface area (Å²) in [5.41, 5.74) is 7.91. The van der Waals surface area contributed by atoms with Gasteiger partial charge >= 0.3 is 5.69 Å². The van der Waals surface area contributed by atoms with E-state index in [9.17, 15) is 14.4 Å².